The van der Waals surface area contributed by atoms with Crippen LogP contribution in [0.15, 0.2) is 58.1 Å². The first-order valence-corrected chi connectivity index (χ1v) is 9.46. The third-order valence-electron chi connectivity index (χ3n) is 5.46. The molecule has 0 atom stereocenters. The summed E-state index contributed by atoms with van der Waals surface area (Å²) in [6.07, 6.45) is 0. The van der Waals surface area contributed by atoms with Crippen LogP contribution in [0.25, 0.3) is 43.6 Å². The van der Waals surface area contributed by atoms with E-state index in [1.807, 2.05) is 35.4 Å². The quantitative estimate of drug-likeness (QED) is 0.338. The second-order valence-corrected chi connectivity index (χ2v) is 7.86. The zero-order valence-corrected chi connectivity index (χ0v) is 16.6. The number of fused-ring (bicyclic) bond motifs is 4. The summed E-state index contributed by atoms with van der Waals surface area (Å²) in [7, 11) is 3.76. The van der Waals surface area contributed by atoms with E-state index in [0.717, 1.165) is 11.0 Å². The standard InChI is InChI=1S/C22H14Cl2N2O2/c1-25-17-5-3-11(23)7-13(17)21(27)15-10-20-16(9-19(15)25)22(28)14-8-12(24)4-6-18(14)26(20)2/h3-10H,1-2H3. The fourth-order valence-corrected chi connectivity index (χ4v) is 4.35. The van der Waals surface area contributed by atoms with Crippen LogP contribution in [0.5, 0.6) is 0 Å². The lowest BCUT2D eigenvalue weighted by atomic mass is 10.0. The average molecular weight is 409 g/mol. The highest BCUT2D eigenvalue weighted by Crippen LogP contribution is 2.26. The number of hydrogen-bond acceptors (Lipinski definition) is 2. The molecule has 6 heteroatoms. The summed E-state index contributed by atoms with van der Waals surface area (Å²) in [6.45, 7) is 0. The molecule has 5 aromatic rings. The first kappa shape index (κ1) is 17.3. The minimum Gasteiger partial charge on any atom is -0.343 e. The Morgan fingerprint density at radius 2 is 0.929 bits per heavy atom. The van der Waals surface area contributed by atoms with E-state index in [1.54, 1.807) is 36.4 Å². The lowest BCUT2D eigenvalue weighted by Gasteiger charge is -2.15. The van der Waals surface area contributed by atoms with Gasteiger partial charge in [-0.25, -0.2) is 0 Å². The summed E-state index contributed by atoms with van der Waals surface area (Å²) in [5.74, 6) is 0. The molecule has 5 rings (SSSR count). The molecule has 0 fully saturated rings. The maximum atomic E-state index is 13.2. The summed E-state index contributed by atoms with van der Waals surface area (Å²) in [5, 5.41) is 3.24. The molecular formula is C22H14Cl2N2O2. The van der Waals surface area contributed by atoms with Gasteiger partial charge in [0.2, 0.25) is 0 Å². The molecule has 28 heavy (non-hydrogen) atoms. The Balaban J connectivity index is 2.08. The number of benzene rings is 3. The number of hydrogen-bond donors (Lipinski definition) is 0. The lowest BCUT2D eigenvalue weighted by molar-refractivity contribution is 0.994. The van der Waals surface area contributed by atoms with Crippen LogP contribution in [-0.2, 0) is 14.1 Å². The second-order valence-electron chi connectivity index (χ2n) is 6.99. The van der Waals surface area contributed by atoms with Crippen molar-refractivity contribution < 1.29 is 0 Å². The average Bonchev–Trinajstić information content (AvgIpc) is 2.69. The van der Waals surface area contributed by atoms with E-state index in [4.69, 9.17) is 23.2 Å². The van der Waals surface area contributed by atoms with E-state index in [9.17, 15) is 9.59 Å². The largest absolute Gasteiger partial charge is 0.343 e. The van der Waals surface area contributed by atoms with Gasteiger partial charge in [0.1, 0.15) is 0 Å². The van der Waals surface area contributed by atoms with Crippen molar-refractivity contribution in [3.63, 3.8) is 0 Å². The second kappa shape index (κ2) is 5.84. The van der Waals surface area contributed by atoms with Crippen LogP contribution in [0.2, 0.25) is 10.0 Å². The molecule has 0 amide bonds. The van der Waals surface area contributed by atoms with Gasteiger partial charge < -0.3 is 9.13 Å². The van der Waals surface area contributed by atoms with Crippen molar-refractivity contribution in [2.75, 3.05) is 0 Å². The maximum absolute atomic E-state index is 13.2. The fourth-order valence-electron chi connectivity index (χ4n) is 4.01. The summed E-state index contributed by atoms with van der Waals surface area (Å²) in [6, 6.07) is 14.1. The normalized spacial score (nSPS) is 11.9. The van der Waals surface area contributed by atoms with E-state index in [1.165, 1.54) is 0 Å². The molecule has 0 aliphatic rings. The summed E-state index contributed by atoms with van der Waals surface area (Å²) in [4.78, 5) is 26.3. The van der Waals surface area contributed by atoms with Gasteiger partial charge >= 0.3 is 0 Å². The number of rotatable bonds is 0. The van der Waals surface area contributed by atoms with Gasteiger partial charge in [-0.3, -0.25) is 9.59 Å². The molecule has 0 aliphatic heterocycles. The third kappa shape index (κ3) is 2.25. The monoisotopic (exact) mass is 408 g/mol. The van der Waals surface area contributed by atoms with Crippen LogP contribution in [-0.4, -0.2) is 9.13 Å². The van der Waals surface area contributed by atoms with Gasteiger partial charge in [0, 0.05) is 45.7 Å². The highest BCUT2D eigenvalue weighted by Gasteiger charge is 2.15. The molecule has 2 aromatic heterocycles. The minimum absolute atomic E-state index is 0.101. The maximum Gasteiger partial charge on any atom is 0.197 e. The Kier molecular flexibility index (Phi) is 3.60. The van der Waals surface area contributed by atoms with Gasteiger partial charge in [0.15, 0.2) is 10.9 Å². The topological polar surface area (TPSA) is 44.0 Å². The van der Waals surface area contributed by atoms with Gasteiger partial charge in [-0.05, 0) is 48.5 Å². The van der Waals surface area contributed by atoms with Crippen LogP contribution >= 0.6 is 23.2 Å². The first-order chi connectivity index (χ1) is 13.4. The minimum atomic E-state index is -0.101. The Bertz CT molecular complexity index is 1480. The highest BCUT2D eigenvalue weighted by atomic mass is 35.5. The number of halogens is 2. The van der Waals surface area contributed by atoms with Crippen molar-refractivity contribution in [2.45, 2.75) is 0 Å². The SMILES string of the molecule is Cn1c2ccc(Cl)cc2c(=O)c2cc3c(cc21)c(=O)c1cc(Cl)ccc1n3C. The smallest absolute Gasteiger partial charge is 0.197 e. The number of aromatic nitrogens is 2. The Morgan fingerprint density at radius 3 is 1.32 bits per heavy atom. The molecule has 0 unspecified atom stereocenters. The molecular weight excluding hydrogens is 395 g/mol. The zero-order valence-electron chi connectivity index (χ0n) is 15.1. The molecule has 3 aromatic carbocycles. The van der Waals surface area contributed by atoms with Crippen molar-refractivity contribution in [2.24, 2.45) is 14.1 Å². The Hall–Kier alpha value is -2.82. The summed E-state index contributed by atoms with van der Waals surface area (Å²) in [5.41, 5.74) is 2.73. The predicted molar refractivity (Wildman–Crippen MR) is 117 cm³/mol. The number of pyridine rings is 2. The molecule has 0 N–H and O–H groups in total. The van der Waals surface area contributed by atoms with E-state index < -0.39 is 0 Å². The molecule has 2 heterocycles. The van der Waals surface area contributed by atoms with Gasteiger partial charge in [-0.2, -0.15) is 0 Å². The van der Waals surface area contributed by atoms with Gasteiger partial charge in [-0.15, -0.1) is 0 Å². The number of nitrogens with zero attached hydrogens (tertiary/aromatic N) is 2. The van der Waals surface area contributed by atoms with Gasteiger partial charge in [-0.1, -0.05) is 23.2 Å². The number of aryl methyl sites for hydroxylation is 2. The van der Waals surface area contributed by atoms with E-state index >= 15 is 0 Å². The van der Waals surface area contributed by atoms with Crippen LogP contribution < -0.4 is 10.9 Å². The van der Waals surface area contributed by atoms with Crippen LogP contribution in [0.1, 0.15) is 0 Å². The lowest BCUT2D eigenvalue weighted by Crippen LogP contribution is -2.13. The molecule has 0 saturated carbocycles. The highest BCUT2D eigenvalue weighted by molar-refractivity contribution is 6.31. The Morgan fingerprint density at radius 1 is 0.571 bits per heavy atom. The molecule has 4 nitrogen and oxygen atoms in total. The molecule has 0 bridgehead atoms. The fraction of sp³-hybridized carbons (Fsp3) is 0.0909. The summed E-state index contributed by atoms with van der Waals surface area (Å²) < 4.78 is 3.84. The van der Waals surface area contributed by atoms with E-state index in [0.29, 0.717) is 42.6 Å². The van der Waals surface area contributed by atoms with Crippen molar-refractivity contribution in [3.05, 3.63) is 79.0 Å². The van der Waals surface area contributed by atoms with E-state index in [2.05, 4.69) is 0 Å². The molecule has 0 spiro atoms. The van der Waals surface area contributed by atoms with Crippen LogP contribution in [0.3, 0.4) is 0 Å². The first-order valence-electron chi connectivity index (χ1n) is 8.71. The van der Waals surface area contributed by atoms with Crippen molar-refractivity contribution in [1.82, 2.24) is 9.13 Å². The predicted octanol–water partition coefficient (Wildman–Crippen LogP) is 5.00. The van der Waals surface area contributed by atoms with Gasteiger partial charge in [0.05, 0.1) is 22.1 Å². The molecule has 0 aliphatic carbocycles. The van der Waals surface area contributed by atoms with E-state index in [-0.39, 0.29) is 10.9 Å². The molecule has 138 valence electrons. The molecule has 0 radical (unpaired) electrons. The van der Waals surface area contributed by atoms with Crippen LogP contribution in [0, 0.1) is 0 Å². The third-order valence-corrected chi connectivity index (χ3v) is 5.93. The van der Waals surface area contributed by atoms with Crippen molar-refractivity contribution >= 4 is 66.8 Å². The van der Waals surface area contributed by atoms with Crippen molar-refractivity contribution in [1.29, 1.82) is 0 Å². The molecule has 0 saturated heterocycles. The zero-order chi connectivity index (χ0) is 19.7. The summed E-state index contributed by atoms with van der Waals surface area (Å²) >= 11 is 12.2. The van der Waals surface area contributed by atoms with Gasteiger partial charge in [0.25, 0.3) is 0 Å². The Labute approximate surface area is 169 Å². The van der Waals surface area contributed by atoms with Crippen LogP contribution in [0.4, 0.5) is 0 Å². The van der Waals surface area contributed by atoms with Crippen molar-refractivity contribution in [3.8, 4) is 0 Å².